The normalized spacial score (nSPS) is 11.2. The monoisotopic (exact) mass is 316 g/mol. The van der Waals surface area contributed by atoms with Gasteiger partial charge in [-0.2, -0.15) is 13.2 Å². The summed E-state index contributed by atoms with van der Waals surface area (Å²) in [5, 5.41) is 11.2. The molecule has 0 aliphatic carbocycles. The standard InChI is InChI=1S/C13H8ClF3N2O2/c14-9-6-7(12(20)21)3-4-10(9)19-11-8(13(15,16)17)2-1-5-18-11/h1-6H,(H,18,19)(H,20,21). The van der Waals surface area contributed by atoms with E-state index in [0.717, 1.165) is 12.1 Å². The summed E-state index contributed by atoms with van der Waals surface area (Å²) in [6.07, 6.45) is -3.36. The van der Waals surface area contributed by atoms with Gasteiger partial charge in [0.15, 0.2) is 0 Å². The minimum Gasteiger partial charge on any atom is -0.478 e. The molecule has 0 aliphatic heterocycles. The van der Waals surface area contributed by atoms with Crippen LogP contribution in [0, 0.1) is 0 Å². The number of rotatable bonds is 3. The Hall–Kier alpha value is -2.28. The van der Waals surface area contributed by atoms with Crippen molar-refractivity contribution in [2.75, 3.05) is 5.32 Å². The van der Waals surface area contributed by atoms with Gasteiger partial charge in [0, 0.05) is 6.20 Å². The second-order valence-corrected chi connectivity index (χ2v) is 4.43. The molecule has 0 aliphatic rings. The number of carboxylic acid groups (broad SMARTS) is 1. The molecule has 1 aromatic heterocycles. The molecule has 0 bridgehead atoms. The number of aromatic carboxylic acids is 1. The number of carboxylic acids is 1. The first-order valence-corrected chi connectivity index (χ1v) is 5.99. The van der Waals surface area contributed by atoms with Crippen molar-refractivity contribution in [1.29, 1.82) is 0 Å². The summed E-state index contributed by atoms with van der Waals surface area (Å²) in [6.45, 7) is 0. The second-order valence-electron chi connectivity index (χ2n) is 4.02. The van der Waals surface area contributed by atoms with E-state index in [1.165, 1.54) is 24.4 Å². The van der Waals surface area contributed by atoms with Gasteiger partial charge in [0.2, 0.25) is 0 Å². The Labute approximate surface area is 122 Å². The Kier molecular flexibility index (Phi) is 4.04. The zero-order chi connectivity index (χ0) is 15.6. The molecule has 1 heterocycles. The number of halogens is 4. The minimum atomic E-state index is -4.57. The van der Waals surface area contributed by atoms with Crippen LogP contribution >= 0.6 is 11.6 Å². The predicted octanol–water partition coefficient (Wildman–Crippen LogP) is 4.20. The number of anilines is 2. The summed E-state index contributed by atoms with van der Waals surface area (Å²) < 4.78 is 38.5. The van der Waals surface area contributed by atoms with Gasteiger partial charge < -0.3 is 10.4 Å². The first-order valence-electron chi connectivity index (χ1n) is 5.61. The van der Waals surface area contributed by atoms with E-state index >= 15 is 0 Å². The number of hydrogen-bond donors (Lipinski definition) is 2. The maximum absolute atomic E-state index is 12.8. The molecule has 2 aromatic rings. The van der Waals surface area contributed by atoms with Crippen molar-refractivity contribution in [3.05, 3.63) is 52.7 Å². The number of nitrogens with one attached hydrogen (secondary N) is 1. The van der Waals surface area contributed by atoms with Crippen LogP contribution in [0.4, 0.5) is 24.7 Å². The number of alkyl halides is 3. The highest BCUT2D eigenvalue weighted by atomic mass is 35.5. The highest BCUT2D eigenvalue weighted by Crippen LogP contribution is 2.35. The van der Waals surface area contributed by atoms with E-state index in [0.29, 0.717) is 0 Å². The molecule has 0 radical (unpaired) electrons. The summed E-state index contributed by atoms with van der Waals surface area (Å²) in [7, 11) is 0. The molecule has 0 spiro atoms. The highest BCUT2D eigenvalue weighted by molar-refractivity contribution is 6.33. The lowest BCUT2D eigenvalue weighted by Gasteiger charge is -2.14. The van der Waals surface area contributed by atoms with Gasteiger partial charge in [-0.25, -0.2) is 9.78 Å². The van der Waals surface area contributed by atoms with Gasteiger partial charge in [0.05, 0.1) is 21.8 Å². The van der Waals surface area contributed by atoms with Gasteiger partial charge in [-0.05, 0) is 30.3 Å². The fourth-order valence-corrected chi connectivity index (χ4v) is 1.84. The van der Waals surface area contributed by atoms with Crippen LogP contribution in [0.2, 0.25) is 5.02 Å². The Bertz CT molecular complexity index is 689. The molecule has 2 rings (SSSR count). The predicted molar refractivity (Wildman–Crippen MR) is 70.9 cm³/mol. The van der Waals surface area contributed by atoms with E-state index in [1.807, 2.05) is 0 Å². The molecule has 0 saturated carbocycles. The van der Waals surface area contributed by atoms with E-state index in [2.05, 4.69) is 10.3 Å². The SMILES string of the molecule is O=C(O)c1ccc(Nc2ncccc2C(F)(F)F)c(Cl)c1. The van der Waals surface area contributed by atoms with Crippen molar-refractivity contribution >= 4 is 29.1 Å². The van der Waals surface area contributed by atoms with E-state index in [-0.39, 0.29) is 16.3 Å². The van der Waals surface area contributed by atoms with Crippen LogP contribution in [-0.2, 0) is 6.18 Å². The van der Waals surface area contributed by atoms with Crippen LogP contribution in [0.3, 0.4) is 0 Å². The van der Waals surface area contributed by atoms with E-state index in [9.17, 15) is 18.0 Å². The smallest absolute Gasteiger partial charge is 0.419 e. The maximum Gasteiger partial charge on any atom is 0.419 e. The Morgan fingerprint density at radius 2 is 2.00 bits per heavy atom. The number of aromatic nitrogens is 1. The number of nitrogens with zero attached hydrogens (tertiary/aromatic N) is 1. The van der Waals surface area contributed by atoms with Gasteiger partial charge in [-0.15, -0.1) is 0 Å². The molecule has 8 heteroatoms. The van der Waals surface area contributed by atoms with Gasteiger partial charge >= 0.3 is 12.1 Å². The van der Waals surface area contributed by atoms with Crippen molar-refractivity contribution in [3.63, 3.8) is 0 Å². The molecule has 0 fully saturated rings. The van der Waals surface area contributed by atoms with Crippen LogP contribution < -0.4 is 5.32 Å². The number of benzene rings is 1. The van der Waals surface area contributed by atoms with Crippen LogP contribution in [0.5, 0.6) is 0 Å². The topological polar surface area (TPSA) is 62.2 Å². The van der Waals surface area contributed by atoms with Crippen molar-refractivity contribution in [2.24, 2.45) is 0 Å². The average molecular weight is 317 g/mol. The van der Waals surface area contributed by atoms with Crippen molar-refractivity contribution in [1.82, 2.24) is 4.98 Å². The van der Waals surface area contributed by atoms with Gasteiger partial charge in [0.25, 0.3) is 0 Å². The number of hydrogen-bond acceptors (Lipinski definition) is 3. The van der Waals surface area contributed by atoms with Crippen molar-refractivity contribution < 1.29 is 23.1 Å². The maximum atomic E-state index is 12.8. The summed E-state index contributed by atoms with van der Waals surface area (Å²) in [5.74, 6) is -1.59. The van der Waals surface area contributed by atoms with Crippen molar-refractivity contribution in [2.45, 2.75) is 6.18 Å². The molecule has 0 amide bonds. The zero-order valence-electron chi connectivity index (χ0n) is 10.3. The molecule has 0 saturated heterocycles. The third kappa shape index (κ3) is 3.43. The molecule has 110 valence electrons. The first kappa shape index (κ1) is 15.1. The third-order valence-corrected chi connectivity index (χ3v) is 2.89. The molecule has 0 atom stereocenters. The number of carbonyl (C=O) groups is 1. The Balaban J connectivity index is 2.38. The third-order valence-electron chi connectivity index (χ3n) is 2.58. The lowest BCUT2D eigenvalue weighted by Crippen LogP contribution is -2.10. The summed E-state index contributed by atoms with van der Waals surface area (Å²) in [4.78, 5) is 14.4. The molecule has 4 nitrogen and oxygen atoms in total. The quantitative estimate of drug-likeness (QED) is 0.891. The molecular weight excluding hydrogens is 309 g/mol. The molecular formula is C13H8ClF3N2O2. The fraction of sp³-hybridized carbons (Fsp3) is 0.0769. The molecule has 2 N–H and O–H groups in total. The summed E-state index contributed by atoms with van der Waals surface area (Å²) >= 11 is 5.86. The largest absolute Gasteiger partial charge is 0.478 e. The summed E-state index contributed by atoms with van der Waals surface area (Å²) in [5.41, 5.74) is -0.878. The van der Waals surface area contributed by atoms with Gasteiger partial charge in [0.1, 0.15) is 5.82 Å². The van der Waals surface area contributed by atoms with Crippen molar-refractivity contribution in [3.8, 4) is 0 Å². The van der Waals surface area contributed by atoms with Gasteiger partial charge in [-0.3, -0.25) is 0 Å². The fourth-order valence-electron chi connectivity index (χ4n) is 1.61. The van der Waals surface area contributed by atoms with Crippen LogP contribution in [0.25, 0.3) is 0 Å². The van der Waals surface area contributed by atoms with E-state index in [1.54, 1.807) is 0 Å². The Morgan fingerprint density at radius 1 is 1.29 bits per heavy atom. The van der Waals surface area contributed by atoms with Crippen LogP contribution in [0.1, 0.15) is 15.9 Å². The Morgan fingerprint density at radius 3 is 2.57 bits per heavy atom. The highest BCUT2D eigenvalue weighted by Gasteiger charge is 2.34. The second kappa shape index (κ2) is 5.61. The first-order chi connectivity index (χ1) is 9.79. The van der Waals surface area contributed by atoms with Gasteiger partial charge in [-0.1, -0.05) is 11.6 Å². The van der Waals surface area contributed by atoms with Crippen LogP contribution in [-0.4, -0.2) is 16.1 Å². The molecule has 21 heavy (non-hydrogen) atoms. The minimum absolute atomic E-state index is 0.0197. The lowest BCUT2D eigenvalue weighted by atomic mass is 10.2. The average Bonchev–Trinajstić information content (AvgIpc) is 2.40. The lowest BCUT2D eigenvalue weighted by molar-refractivity contribution is -0.137. The number of pyridine rings is 1. The molecule has 0 unspecified atom stereocenters. The van der Waals surface area contributed by atoms with E-state index in [4.69, 9.17) is 16.7 Å². The summed E-state index contributed by atoms with van der Waals surface area (Å²) in [6, 6.07) is 5.70. The molecule has 1 aromatic carbocycles. The van der Waals surface area contributed by atoms with E-state index < -0.39 is 23.5 Å². The van der Waals surface area contributed by atoms with Crippen LogP contribution in [0.15, 0.2) is 36.5 Å². The zero-order valence-corrected chi connectivity index (χ0v) is 11.0.